The van der Waals surface area contributed by atoms with E-state index in [0.29, 0.717) is 5.75 Å². The second kappa shape index (κ2) is 4.93. The molecule has 0 aliphatic rings. The van der Waals surface area contributed by atoms with E-state index in [9.17, 15) is 5.11 Å². The summed E-state index contributed by atoms with van der Waals surface area (Å²) in [4.78, 5) is 0. The summed E-state index contributed by atoms with van der Waals surface area (Å²) in [6.45, 7) is 0. The Kier molecular flexibility index (Phi) is 3.86. The van der Waals surface area contributed by atoms with E-state index in [-0.39, 0.29) is 19.8 Å². The van der Waals surface area contributed by atoms with Crippen molar-refractivity contribution in [3.8, 4) is 16.9 Å². The predicted molar refractivity (Wildman–Crippen MR) is 59.3 cm³/mol. The van der Waals surface area contributed by atoms with Crippen molar-refractivity contribution in [3.63, 3.8) is 0 Å². The van der Waals surface area contributed by atoms with E-state index in [2.05, 4.69) is 0 Å². The van der Waals surface area contributed by atoms with Crippen molar-refractivity contribution >= 4 is 19.8 Å². The molecule has 0 fully saturated rings. The van der Waals surface area contributed by atoms with E-state index >= 15 is 0 Å². The molecule has 3 radical (unpaired) electrons. The van der Waals surface area contributed by atoms with Crippen LogP contribution in [0.15, 0.2) is 54.6 Å². The van der Waals surface area contributed by atoms with Gasteiger partial charge in [-0.25, -0.2) is 0 Å². The standard InChI is InChI=1S/C12H10O.Ga/c13-12-9-5-4-8-11(12)10-6-2-1-3-7-10;/h1-9,13H;. The molecule has 2 heteroatoms. The maximum Gasteiger partial charge on any atom is 0.123 e. The second-order valence-electron chi connectivity index (χ2n) is 2.88. The molecule has 0 bridgehead atoms. The van der Waals surface area contributed by atoms with Crippen LogP contribution in [0, 0.1) is 0 Å². The number of phenolic OH excluding ortho intramolecular Hbond substituents is 1. The molecule has 1 N–H and O–H groups in total. The van der Waals surface area contributed by atoms with Gasteiger partial charge >= 0.3 is 0 Å². The van der Waals surface area contributed by atoms with Crippen LogP contribution in [-0.4, -0.2) is 24.9 Å². The Balaban J connectivity index is 0.000000980. The fourth-order valence-corrected chi connectivity index (χ4v) is 1.34. The number of benzene rings is 2. The Morgan fingerprint density at radius 3 is 1.93 bits per heavy atom. The maximum absolute atomic E-state index is 9.56. The average Bonchev–Trinajstić information content (AvgIpc) is 2.20. The first kappa shape index (κ1) is 11.0. The molecule has 1 nitrogen and oxygen atoms in total. The zero-order valence-electron chi connectivity index (χ0n) is 7.72. The SMILES string of the molecule is Oc1ccccc1-c1ccccc1.[Ga]. The summed E-state index contributed by atoms with van der Waals surface area (Å²) in [6.07, 6.45) is 0. The minimum Gasteiger partial charge on any atom is -0.507 e. The maximum atomic E-state index is 9.56. The van der Waals surface area contributed by atoms with Crippen LogP contribution in [-0.2, 0) is 0 Å². The second-order valence-corrected chi connectivity index (χ2v) is 2.88. The van der Waals surface area contributed by atoms with Gasteiger partial charge in [0, 0.05) is 25.4 Å². The van der Waals surface area contributed by atoms with Gasteiger partial charge in [0.2, 0.25) is 0 Å². The minimum absolute atomic E-state index is 0. The van der Waals surface area contributed by atoms with E-state index in [1.807, 2.05) is 48.5 Å². The van der Waals surface area contributed by atoms with E-state index in [1.54, 1.807) is 6.07 Å². The summed E-state index contributed by atoms with van der Waals surface area (Å²) < 4.78 is 0. The van der Waals surface area contributed by atoms with E-state index in [4.69, 9.17) is 0 Å². The summed E-state index contributed by atoms with van der Waals surface area (Å²) in [6, 6.07) is 17.2. The number of hydrogen-bond acceptors (Lipinski definition) is 1. The first-order valence-electron chi connectivity index (χ1n) is 4.21. The van der Waals surface area contributed by atoms with Gasteiger partial charge < -0.3 is 5.11 Å². The van der Waals surface area contributed by atoms with Gasteiger partial charge in [0.25, 0.3) is 0 Å². The third kappa shape index (κ3) is 2.22. The Labute approximate surface area is 96.5 Å². The van der Waals surface area contributed by atoms with Gasteiger partial charge in [0.1, 0.15) is 5.75 Å². The smallest absolute Gasteiger partial charge is 0.123 e. The number of aromatic hydroxyl groups is 1. The van der Waals surface area contributed by atoms with Crippen LogP contribution >= 0.6 is 0 Å². The summed E-state index contributed by atoms with van der Waals surface area (Å²) in [5.41, 5.74) is 1.92. The van der Waals surface area contributed by atoms with Crippen molar-refractivity contribution in [1.82, 2.24) is 0 Å². The molecule has 0 saturated heterocycles. The zero-order chi connectivity index (χ0) is 9.10. The molecule has 0 spiro atoms. The fourth-order valence-electron chi connectivity index (χ4n) is 1.34. The monoisotopic (exact) mass is 239 g/mol. The Hall–Kier alpha value is -1.12. The minimum atomic E-state index is 0. The van der Waals surface area contributed by atoms with Gasteiger partial charge in [-0.15, -0.1) is 0 Å². The van der Waals surface area contributed by atoms with Crippen molar-refractivity contribution in [2.24, 2.45) is 0 Å². The number of rotatable bonds is 1. The topological polar surface area (TPSA) is 20.2 Å². The molecule has 0 amide bonds. The summed E-state index contributed by atoms with van der Waals surface area (Å²) in [5.74, 6) is 0.328. The molecular weight excluding hydrogens is 230 g/mol. The molecule has 14 heavy (non-hydrogen) atoms. The summed E-state index contributed by atoms with van der Waals surface area (Å²) in [5, 5.41) is 9.56. The Bertz CT molecular complexity index is 398. The Morgan fingerprint density at radius 1 is 0.714 bits per heavy atom. The normalized spacial score (nSPS) is 9.14. The van der Waals surface area contributed by atoms with Gasteiger partial charge in [-0.3, -0.25) is 0 Å². The molecule has 0 unspecified atom stereocenters. The van der Waals surface area contributed by atoms with Crippen molar-refractivity contribution < 1.29 is 5.11 Å². The van der Waals surface area contributed by atoms with Gasteiger partial charge in [-0.2, -0.15) is 0 Å². The molecule has 2 aromatic rings. The largest absolute Gasteiger partial charge is 0.507 e. The third-order valence-electron chi connectivity index (χ3n) is 1.99. The number of hydrogen-bond donors (Lipinski definition) is 1. The molecule has 0 heterocycles. The van der Waals surface area contributed by atoms with Crippen LogP contribution in [0.3, 0.4) is 0 Å². The number of phenols is 1. The molecule has 67 valence electrons. The first-order chi connectivity index (χ1) is 6.38. The average molecular weight is 240 g/mol. The summed E-state index contributed by atoms with van der Waals surface area (Å²) >= 11 is 0. The predicted octanol–water partition coefficient (Wildman–Crippen LogP) is 2.68. The van der Waals surface area contributed by atoms with Crippen LogP contribution in [0.1, 0.15) is 0 Å². The molecule has 0 atom stereocenters. The molecule has 0 aliphatic heterocycles. The van der Waals surface area contributed by atoms with Gasteiger partial charge in [-0.05, 0) is 11.6 Å². The van der Waals surface area contributed by atoms with E-state index in [1.165, 1.54) is 0 Å². The summed E-state index contributed by atoms with van der Waals surface area (Å²) in [7, 11) is 0. The molecule has 0 aliphatic carbocycles. The molecule has 0 aromatic heterocycles. The van der Waals surface area contributed by atoms with Crippen LogP contribution in [0.25, 0.3) is 11.1 Å². The van der Waals surface area contributed by atoms with Gasteiger partial charge in [-0.1, -0.05) is 48.5 Å². The van der Waals surface area contributed by atoms with Crippen molar-refractivity contribution in [2.45, 2.75) is 0 Å². The number of para-hydroxylation sites is 1. The van der Waals surface area contributed by atoms with E-state index < -0.39 is 0 Å². The Morgan fingerprint density at radius 2 is 1.29 bits per heavy atom. The first-order valence-corrected chi connectivity index (χ1v) is 4.21. The van der Waals surface area contributed by atoms with Gasteiger partial charge in [0.05, 0.1) is 0 Å². The van der Waals surface area contributed by atoms with E-state index in [0.717, 1.165) is 11.1 Å². The van der Waals surface area contributed by atoms with Crippen molar-refractivity contribution in [1.29, 1.82) is 0 Å². The van der Waals surface area contributed by atoms with Crippen LogP contribution in [0.5, 0.6) is 5.75 Å². The van der Waals surface area contributed by atoms with Crippen molar-refractivity contribution in [3.05, 3.63) is 54.6 Å². The van der Waals surface area contributed by atoms with Crippen LogP contribution < -0.4 is 0 Å². The third-order valence-corrected chi connectivity index (χ3v) is 1.99. The fraction of sp³-hybridized carbons (Fsp3) is 0. The van der Waals surface area contributed by atoms with Crippen LogP contribution in [0.2, 0.25) is 0 Å². The molecule has 2 aromatic carbocycles. The molecular formula is C12H10GaO. The quantitative estimate of drug-likeness (QED) is 0.759. The zero-order valence-corrected chi connectivity index (χ0v) is 10.1. The molecule has 0 saturated carbocycles. The van der Waals surface area contributed by atoms with Crippen LogP contribution in [0.4, 0.5) is 0 Å². The molecule has 2 rings (SSSR count). The van der Waals surface area contributed by atoms with Crippen molar-refractivity contribution in [2.75, 3.05) is 0 Å². The van der Waals surface area contributed by atoms with Gasteiger partial charge in [0.15, 0.2) is 0 Å².